The van der Waals surface area contributed by atoms with Gasteiger partial charge in [0.2, 0.25) is 5.91 Å². The topological polar surface area (TPSA) is 33.2 Å². The first-order chi connectivity index (χ1) is 11.3. The second-order valence-electron chi connectivity index (χ2n) is 6.10. The van der Waals surface area contributed by atoms with Crippen molar-refractivity contribution in [1.82, 2.24) is 9.88 Å². The molecule has 4 rings (SSSR count). The Kier molecular flexibility index (Phi) is 3.83. The second kappa shape index (κ2) is 6.13. The summed E-state index contributed by atoms with van der Waals surface area (Å²) < 4.78 is 0. The van der Waals surface area contributed by atoms with Gasteiger partial charge in [-0.1, -0.05) is 18.2 Å². The van der Waals surface area contributed by atoms with Gasteiger partial charge in [0.25, 0.3) is 0 Å². The van der Waals surface area contributed by atoms with Crippen LogP contribution in [-0.4, -0.2) is 21.8 Å². The van der Waals surface area contributed by atoms with Crippen molar-refractivity contribution in [3.05, 3.63) is 64.5 Å². The first kappa shape index (κ1) is 14.4. The van der Waals surface area contributed by atoms with E-state index in [0.29, 0.717) is 12.5 Å². The van der Waals surface area contributed by atoms with E-state index in [0.717, 1.165) is 35.9 Å². The van der Waals surface area contributed by atoms with Crippen molar-refractivity contribution in [2.75, 3.05) is 0 Å². The largest absolute Gasteiger partial charge is 0.335 e. The van der Waals surface area contributed by atoms with Crippen molar-refractivity contribution >= 4 is 28.1 Å². The van der Waals surface area contributed by atoms with Gasteiger partial charge in [-0.25, -0.2) is 0 Å². The van der Waals surface area contributed by atoms with Gasteiger partial charge in [0.05, 0.1) is 11.9 Å². The molecule has 1 saturated carbocycles. The number of hydrogen-bond acceptors (Lipinski definition) is 3. The lowest BCUT2D eigenvalue weighted by molar-refractivity contribution is -0.131. The third-order valence-electron chi connectivity index (χ3n) is 4.24. The Morgan fingerprint density at radius 3 is 2.87 bits per heavy atom. The maximum atomic E-state index is 12.8. The van der Waals surface area contributed by atoms with Gasteiger partial charge in [-0.15, -0.1) is 0 Å². The Hall–Kier alpha value is -2.20. The fourth-order valence-corrected chi connectivity index (χ4v) is 3.54. The predicted octanol–water partition coefficient (Wildman–Crippen LogP) is 4.03. The summed E-state index contributed by atoms with van der Waals surface area (Å²) in [6.07, 6.45) is 4.52. The van der Waals surface area contributed by atoms with Crippen LogP contribution < -0.4 is 0 Å². The highest BCUT2D eigenvalue weighted by molar-refractivity contribution is 7.07. The van der Waals surface area contributed by atoms with Gasteiger partial charge in [0.1, 0.15) is 0 Å². The van der Waals surface area contributed by atoms with E-state index < -0.39 is 0 Å². The first-order valence-corrected chi connectivity index (χ1v) is 8.88. The quantitative estimate of drug-likeness (QED) is 0.710. The van der Waals surface area contributed by atoms with Crippen molar-refractivity contribution in [3.63, 3.8) is 0 Å². The average Bonchev–Trinajstić information content (AvgIpc) is 3.28. The Labute approximate surface area is 139 Å². The van der Waals surface area contributed by atoms with E-state index in [-0.39, 0.29) is 5.91 Å². The molecule has 2 aromatic heterocycles. The van der Waals surface area contributed by atoms with Crippen LogP contribution in [0.1, 0.15) is 24.0 Å². The Bertz CT molecular complexity index is 824. The molecule has 0 unspecified atom stereocenters. The summed E-state index contributed by atoms with van der Waals surface area (Å²) >= 11 is 1.68. The number of benzene rings is 1. The van der Waals surface area contributed by atoms with E-state index in [2.05, 4.69) is 27.9 Å². The summed E-state index contributed by atoms with van der Waals surface area (Å²) in [5.74, 6) is 0.204. The summed E-state index contributed by atoms with van der Waals surface area (Å²) in [6, 6.07) is 12.6. The number of aromatic nitrogens is 1. The molecule has 0 atom stereocenters. The molecule has 1 aliphatic carbocycles. The third-order valence-corrected chi connectivity index (χ3v) is 4.98. The number of amides is 1. The van der Waals surface area contributed by atoms with E-state index in [1.807, 2.05) is 35.4 Å². The fraction of sp³-hybridized carbons (Fsp3) is 0.263. The molecule has 4 heteroatoms. The van der Waals surface area contributed by atoms with Crippen LogP contribution in [0.15, 0.2) is 53.4 Å². The lowest BCUT2D eigenvalue weighted by atomic mass is 10.1. The number of thiophene rings is 1. The molecule has 1 fully saturated rings. The normalized spacial score (nSPS) is 14.1. The van der Waals surface area contributed by atoms with E-state index in [1.165, 1.54) is 5.56 Å². The molecule has 0 bridgehead atoms. The van der Waals surface area contributed by atoms with Gasteiger partial charge >= 0.3 is 0 Å². The molecule has 1 aliphatic rings. The molecule has 0 radical (unpaired) electrons. The molecule has 3 aromatic rings. The molecule has 116 valence electrons. The number of carbonyl (C=O) groups is 1. The average molecular weight is 322 g/mol. The summed E-state index contributed by atoms with van der Waals surface area (Å²) in [4.78, 5) is 19.3. The Balaban J connectivity index is 1.52. The molecule has 0 spiro atoms. The molecule has 3 nitrogen and oxygen atoms in total. The van der Waals surface area contributed by atoms with Crippen molar-refractivity contribution < 1.29 is 4.79 Å². The van der Waals surface area contributed by atoms with Gasteiger partial charge in [0, 0.05) is 24.2 Å². The maximum absolute atomic E-state index is 12.8. The summed E-state index contributed by atoms with van der Waals surface area (Å²) in [6.45, 7) is 0.730. The molecule has 0 N–H and O–H groups in total. The summed E-state index contributed by atoms with van der Waals surface area (Å²) in [7, 11) is 0. The standard InChI is InChI=1S/C19H18N2OS/c22-19(21(17-5-6-17)12-14-7-8-23-13-14)10-15-9-16-3-1-2-4-18(16)20-11-15/h1-4,7-9,11,13,17H,5-6,10,12H2. The minimum atomic E-state index is 0.204. The molecule has 2 heterocycles. The smallest absolute Gasteiger partial charge is 0.227 e. The maximum Gasteiger partial charge on any atom is 0.227 e. The summed E-state index contributed by atoms with van der Waals surface area (Å²) in [5.41, 5.74) is 3.19. The van der Waals surface area contributed by atoms with Crippen molar-refractivity contribution in [1.29, 1.82) is 0 Å². The van der Waals surface area contributed by atoms with Crippen molar-refractivity contribution in [3.8, 4) is 0 Å². The molecule has 0 aliphatic heterocycles. The highest BCUT2D eigenvalue weighted by Gasteiger charge is 2.32. The highest BCUT2D eigenvalue weighted by Crippen LogP contribution is 2.29. The number of hydrogen-bond donors (Lipinski definition) is 0. The van der Waals surface area contributed by atoms with Gasteiger partial charge in [-0.2, -0.15) is 11.3 Å². The molecular weight excluding hydrogens is 304 g/mol. The van der Waals surface area contributed by atoms with Gasteiger partial charge < -0.3 is 4.90 Å². The minimum Gasteiger partial charge on any atom is -0.335 e. The predicted molar refractivity (Wildman–Crippen MR) is 93.3 cm³/mol. The second-order valence-corrected chi connectivity index (χ2v) is 6.88. The molecule has 1 aromatic carbocycles. The van der Waals surface area contributed by atoms with Gasteiger partial charge in [-0.3, -0.25) is 9.78 Å². The highest BCUT2D eigenvalue weighted by atomic mass is 32.1. The van der Waals surface area contributed by atoms with Crippen LogP contribution in [0.4, 0.5) is 0 Å². The fourth-order valence-electron chi connectivity index (χ4n) is 2.88. The van der Waals surface area contributed by atoms with Crippen LogP contribution in [0.5, 0.6) is 0 Å². The Morgan fingerprint density at radius 1 is 1.22 bits per heavy atom. The monoisotopic (exact) mass is 322 g/mol. The van der Waals surface area contributed by atoms with Crippen LogP contribution >= 0.6 is 11.3 Å². The zero-order valence-corrected chi connectivity index (χ0v) is 13.6. The zero-order valence-electron chi connectivity index (χ0n) is 12.8. The number of para-hydroxylation sites is 1. The number of nitrogens with zero attached hydrogens (tertiary/aromatic N) is 2. The lowest BCUT2D eigenvalue weighted by Gasteiger charge is -2.22. The minimum absolute atomic E-state index is 0.204. The van der Waals surface area contributed by atoms with Crippen molar-refractivity contribution in [2.24, 2.45) is 0 Å². The van der Waals surface area contributed by atoms with Gasteiger partial charge in [0.15, 0.2) is 0 Å². The first-order valence-electron chi connectivity index (χ1n) is 7.94. The SMILES string of the molecule is O=C(Cc1cnc2ccccc2c1)N(Cc1ccsc1)C1CC1. The number of rotatable bonds is 5. The van der Waals surface area contributed by atoms with Crippen LogP contribution in [0.3, 0.4) is 0 Å². The molecule has 23 heavy (non-hydrogen) atoms. The molecule has 0 saturated heterocycles. The number of pyridine rings is 1. The van der Waals surface area contributed by atoms with E-state index >= 15 is 0 Å². The van der Waals surface area contributed by atoms with Crippen molar-refractivity contribution in [2.45, 2.75) is 31.8 Å². The number of carbonyl (C=O) groups excluding carboxylic acids is 1. The molecular formula is C19H18N2OS. The Morgan fingerprint density at radius 2 is 2.09 bits per heavy atom. The zero-order chi connectivity index (χ0) is 15.6. The van der Waals surface area contributed by atoms with E-state index in [1.54, 1.807) is 11.3 Å². The third kappa shape index (κ3) is 3.27. The molecule has 1 amide bonds. The van der Waals surface area contributed by atoms with Crippen LogP contribution in [-0.2, 0) is 17.8 Å². The van der Waals surface area contributed by atoms with Crippen LogP contribution in [0.25, 0.3) is 10.9 Å². The lowest BCUT2D eigenvalue weighted by Crippen LogP contribution is -2.33. The van der Waals surface area contributed by atoms with Crippen LogP contribution in [0.2, 0.25) is 0 Å². The van der Waals surface area contributed by atoms with E-state index in [9.17, 15) is 4.79 Å². The van der Waals surface area contributed by atoms with Gasteiger partial charge in [-0.05, 0) is 52.9 Å². The van der Waals surface area contributed by atoms with E-state index in [4.69, 9.17) is 0 Å². The summed E-state index contributed by atoms with van der Waals surface area (Å²) in [5, 5.41) is 5.28. The number of fused-ring (bicyclic) bond motifs is 1. The van der Waals surface area contributed by atoms with Crippen LogP contribution in [0, 0.1) is 0 Å².